The molecule has 1 aliphatic carbocycles. The molecule has 0 bridgehead atoms. The first-order valence-corrected chi connectivity index (χ1v) is 5.02. The average molecular weight is 237 g/mol. The van der Waals surface area contributed by atoms with Crippen LogP contribution in [0.2, 0.25) is 0 Å². The van der Waals surface area contributed by atoms with Gasteiger partial charge in [-0.3, -0.25) is 9.59 Å². The van der Waals surface area contributed by atoms with Gasteiger partial charge in [-0.25, -0.2) is 0 Å². The SMILES string of the molecule is COC(=O)C1C(O)CC(Cl)C1CC(=O)O. The molecule has 1 aliphatic rings. The third kappa shape index (κ3) is 2.60. The summed E-state index contributed by atoms with van der Waals surface area (Å²) in [4.78, 5) is 21.9. The van der Waals surface area contributed by atoms with Crippen molar-refractivity contribution in [1.82, 2.24) is 0 Å². The zero-order valence-corrected chi connectivity index (χ0v) is 8.98. The van der Waals surface area contributed by atoms with E-state index in [0.717, 1.165) is 0 Å². The molecule has 0 aromatic rings. The van der Waals surface area contributed by atoms with Crippen LogP contribution in [0.5, 0.6) is 0 Å². The van der Waals surface area contributed by atoms with Crippen LogP contribution < -0.4 is 0 Å². The summed E-state index contributed by atoms with van der Waals surface area (Å²) in [7, 11) is 1.20. The minimum Gasteiger partial charge on any atom is -0.481 e. The third-order valence-corrected chi connectivity index (χ3v) is 3.19. The summed E-state index contributed by atoms with van der Waals surface area (Å²) in [6, 6.07) is 0. The van der Waals surface area contributed by atoms with Crippen LogP contribution in [-0.4, -0.2) is 40.7 Å². The second-order valence-electron chi connectivity index (χ2n) is 3.63. The Kier molecular flexibility index (Phi) is 3.93. The molecule has 4 atom stereocenters. The van der Waals surface area contributed by atoms with Gasteiger partial charge in [-0.05, 0) is 6.42 Å². The van der Waals surface area contributed by atoms with Crippen LogP contribution >= 0.6 is 11.6 Å². The topological polar surface area (TPSA) is 83.8 Å². The monoisotopic (exact) mass is 236 g/mol. The van der Waals surface area contributed by atoms with E-state index in [-0.39, 0.29) is 12.8 Å². The number of hydrogen-bond acceptors (Lipinski definition) is 4. The van der Waals surface area contributed by atoms with Crippen molar-refractivity contribution >= 4 is 23.5 Å². The number of rotatable bonds is 3. The molecule has 2 N–H and O–H groups in total. The van der Waals surface area contributed by atoms with E-state index < -0.39 is 35.3 Å². The van der Waals surface area contributed by atoms with Crippen molar-refractivity contribution in [3.63, 3.8) is 0 Å². The van der Waals surface area contributed by atoms with E-state index in [4.69, 9.17) is 16.7 Å². The quantitative estimate of drug-likeness (QED) is 0.542. The number of carbonyl (C=O) groups excluding carboxylic acids is 1. The first-order valence-electron chi connectivity index (χ1n) is 4.59. The predicted molar refractivity (Wildman–Crippen MR) is 51.5 cm³/mol. The van der Waals surface area contributed by atoms with Gasteiger partial charge in [0.05, 0.1) is 25.6 Å². The highest BCUT2D eigenvalue weighted by Crippen LogP contribution is 2.38. The van der Waals surface area contributed by atoms with Crippen molar-refractivity contribution in [3.8, 4) is 0 Å². The van der Waals surface area contributed by atoms with Gasteiger partial charge in [0.1, 0.15) is 0 Å². The lowest BCUT2D eigenvalue weighted by Gasteiger charge is -2.19. The van der Waals surface area contributed by atoms with Crippen molar-refractivity contribution in [2.45, 2.75) is 24.3 Å². The molecule has 0 spiro atoms. The summed E-state index contributed by atoms with van der Waals surface area (Å²) in [6.45, 7) is 0. The number of aliphatic hydroxyl groups excluding tert-OH is 1. The molecule has 0 heterocycles. The number of alkyl halides is 1. The maximum Gasteiger partial charge on any atom is 0.311 e. The van der Waals surface area contributed by atoms with Crippen LogP contribution in [0.4, 0.5) is 0 Å². The minimum absolute atomic E-state index is 0.221. The molecule has 0 saturated heterocycles. The number of aliphatic carboxylic acids is 1. The Bertz CT molecular complexity index is 267. The van der Waals surface area contributed by atoms with Gasteiger partial charge >= 0.3 is 11.9 Å². The van der Waals surface area contributed by atoms with Crippen LogP contribution in [0.25, 0.3) is 0 Å². The van der Waals surface area contributed by atoms with Gasteiger partial charge in [0.2, 0.25) is 0 Å². The lowest BCUT2D eigenvalue weighted by Crippen LogP contribution is -2.31. The van der Waals surface area contributed by atoms with E-state index in [9.17, 15) is 14.7 Å². The molecule has 0 amide bonds. The number of ether oxygens (including phenoxy) is 1. The van der Waals surface area contributed by atoms with Gasteiger partial charge in [-0.15, -0.1) is 11.6 Å². The van der Waals surface area contributed by atoms with Gasteiger partial charge in [-0.1, -0.05) is 0 Å². The molecular weight excluding hydrogens is 224 g/mol. The number of aliphatic hydroxyl groups is 1. The number of carboxylic acids is 1. The Labute approximate surface area is 92.0 Å². The highest BCUT2D eigenvalue weighted by molar-refractivity contribution is 6.21. The Hall–Kier alpha value is -0.810. The molecule has 1 fully saturated rings. The first-order chi connectivity index (χ1) is 6.97. The standard InChI is InChI=1S/C9H13ClO5/c1-15-9(14)8-4(2-7(12)13)5(10)3-6(8)11/h4-6,8,11H,2-3H2,1H3,(H,12,13). The van der Waals surface area contributed by atoms with Crippen molar-refractivity contribution in [2.75, 3.05) is 7.11 Å². The molecule has 15 heavy (non-hydrogen) atoms. The van der Waals surface area contributed by atoms with Crippen LogP contribution in [0.15, 0.2) is 0 Å². The van der Waals surface area contributed by atoms with E-state index in [1.807, 2.05) is 0 Å². The van der Waals surface area contributed by atoms with E-state index >= 15 is 0 Å². The van der Waals surface area contributed by atoms with Gasteiger partial charge in [-0.2, -0.15) is 0 Å². The lowest BCUT2D eigenvalue weighted by molar-refractivity contribution is -0.151. The minimum atomic E-state index is -1.03. The highest BCUT2D eigenvalue weighted by Gasteiger charge is 2.47. The summed E-state index contributed by atoms with van der Waals surface area (Å²) in [5.41, 5.74) is 0. The Balaban J connectivity index is 2.79. The number of hydrogen-bond donors (Lipinski definition) is 2. The number of esters is 1. The Morgan fingerprint density at radius 3 is 2.60 bits per heavy atom. The molecular formula is C9H13ClO5. The summed E-state index contributed by atoms with van der Waals surface area (Å²) in [5.74, 6) is -3.02. The number of carboxylic acid groups (broad SMARTS) is 1. The van der Waals surface area contributed by atoms with E-state index in [1.54, 1.807) is 0 Å². The fourth-order valence-electron chi connectivity index (χ4n) is 1.99. The van der Waals surface area contributed by atoms with Gasteiger partial charge in [0.15, 0.2) is 0 Å². The fourth-order valence-corrected chi connectivity index (χ4v) is 2.42. The van der Waals surface area contributed by atoms with Crippen molar-refractivity contribution < 1.29 is 24.5 Å². The smallest absolute Gasteiger partial charge is 0.311 e. The normalized spacial score (nSPS) is 35.1. The molecule has 1 rings (SSSR count). The van der Waals surface area contributed by atoms with E-state index in [1.165, 1.54) is 7.11 Å². The lowest BCUT2D eigenvalue weighted by atomic mass is 9.92. The zero-order chi connectivity index (χ0) is 11.6. The zero-order valence-electron chi connectivity index (χ0n) is 8.22. The molecule has 0 aromatic heterocycles. The molecule has 6 heteroatoms. The summed E-state index contributed by atoms with van der Waals surface area (Å²) in [5, 5.41) is 17.7. The van der Waals surface area contributed by atoms with E-state index in [0.29, 0.717) is 0 Å². The first kappa shape index (κ1) is 12.3. The molecule has 0 aliphatic heterocycles. The molecule has 86 valence electrons. The number of halogens is 1. The maximum absolute atomic E-state index is 11.3. The van der Waals surface area contributed by atoms with Crippen LogP contribution in [0.1, 0.15) is 12.8 Å². The molecule has 0 radical (unpaired) electrons. The summed E-state index contributed by atoms with van der Waals surface area (Å²) in [6.07, 6.45) is -0.922. The Morgan fingerprint density at radius 2 is 2.13 bits per heavy atom. The molecule has 4 unspecified atom stereocenters. The Morgan fingerprint density at radius 1 is 1.53 bits per heavy atom. The average Bonchev–Trinajstić information content (AvgIpc) is 2.40. The second-order valence-corrected chi connectivity index (χ2v) is 4.19. The molecule has 1 saturated carbocycles. The van der Waals surface area contributed by atoms with Crippen molar-refractivity contribution in [3.05, 3.63) is 0 Å². The maximum atomic E-state index is 11.3. The van der Waals surface area contributed by atoms with Gasteiger partial charge < -0.3 is 14.9 Å². The highest BCUT2D eigenvalue weighted by atomic mass is 35.5. The van der Waals surface area contributed by atoms with E-state index in [2.05, 4.69) is 4.74 Å². The molecule has 0 aromatic carbocycles. The van der Waals surface area contributed by atoms with Crippen LogP contribution in [-0.2, 0) is 14.3 Å². The van der Waals surface area contributed by atoms with Crippen LogP contribution in [0, 0.1) is 11.8 Å². The summed E-state index contributed by atoms with van der Waals surface area (Å²) >= 11 is 5.88. The van der Waals surface area contributed by atoms with Gasteiger partial charge in [0, 0.05) is 11.3 Å². The molecule has 5 nitrogen and oxygen atoms in total. The van der Waals surface area contributed by atoms with Crippen molar-refractivity contribution in [2.24, 2.45) is 11.8 Å². The number of carbonyl (C=O) groups is 2. The van der Waals surface area contributed by atoms with Crippen molar-refractivity contribution in [1.29, 1.82) is 0 Å². The van der Waals surface area contributed by atoms with Crippen LogP contribution in [0.3, 0.4) is 0 Å². The second kappa shape index (κ2) is 4.81. The van der Waals surface area contributed by atoms with Gasteiger partial charge in [0.25, 0.3) is 0 Å². The largest absolute Gasteiger partial charge is 0.481 e. The fraction of sp³-hybridized carbons (Fsp3) is 0.778. The number of methoxy groups -OCH3 is 1. The third-order valence-electron chi connectivity index (χ3n) is 2.69. The summed E-state index contributed by atoms with van der Waals surface area (Å²) < 4.78 is 4.51. The predicted octanol–water partition coefficient (Wildman–Crippen LogP) is 0.238.